The van der Waals surface area contributed by atoms with Crippen LogP contribution in [-0.2, 0) is 14.8 Å². The molecule has 0 radical (unpaired) electrons. The fourth-order valence-corrected chi connectivity index (χ4v) is 1.86. The molecule has 6 nitrogen and oxygen atoms in total. The van der Waals surface area contributed by atoms with E-state index in [9.17, 15) is 22.5 Å². The summed E-state index contributed by atoms with van der Waals surface area (Å²) in [5.74, 6) is -1.71. The molecule has 0 saturated heterocycles. The molecule has 0 atom stereocenters. The number of carbonyl (C=O) groups is 1. The molecule has 0 bridgehead atoms. The van der Waals surface area contributed by atoms with E-state index in [1.807, 2.05) is 9.90 Å². The van der Waals surface area contributed by atoms with Crippen LogP contribution in [0.4, 0.5) is 4.39 Å². The Kier molecular flexibility index (Phi) is 3.80. The van der Waals surface area contributed by atoms with E-state index in [1.165, 1.54) is 0 Å². The van der Waals surface area contributed by atoms with Crippen LogP contribution in [0.25, 0.3) is 0 Å². The van der Waals surface area contributed by atoms with Crippen molar-refractivity contribution in [2.45, 2.75) is 4.90 Å². The molecular weight excluding hydrogens is 239 g/mol. The standard InChI is InChI=1S/C8H7FN2O4S/c9-6-1-3-7(4-2-6)16(14,15)10-5-8(12)11-13/h1-4,10H,5H2. The summed E-state index contributed by atoms with van der Waals surface area (Å²) in [4.78, 5) is 20.0. The number of nitroso groups, excluding NO2 is 1. The lowest BCUT2D eigenvalue weighted by molar-refractivity contribution is -0.116. The van der Waals surface area contributed by atoms with Gasteiger partial charge >= 0.3 is 5.91 Å². The van der Waals surface area contributed by atoms with Gasteiger partial charge in [0.05, 0.1) is 11.4 Å². The molecule has 0 aromatic heterocycles. The van der Waals surface area contributed by atoms with Crippen LogP contribution in [0.1, 0.15) is 0 Å². The maximum atomic E-state index is 12.5. The number of carbonyl (C=O) groups excluding carboxylic acids is 1. The third-order valence-electron chi connectivity index (χ3n) is 1.64. The van der Waals surface area contributed by atoms with Crippen molar-refractivity contribution < 1.29 is 17.6 Å². The Morgan fingerprint density at radius 1 is 1.31 bits per heavy atom. The summed E-state index contributed by atoms with van der Waals surface area (Å²) in [6.07, 6.45) is 0. The fourth-order valence-electron chi connectivity index (χ4n) is 0.886. The Morgan fingerprint density at radius 3 is 2.38 bits per heavy atom. The van der Waals surface area contributed by atoms with Crippen molar-refractivity contribution in [2.75, 3.05) is 6.54 Å². The monoisotopic (exact) mass is 246 g/mol. The second-order valence-electron chi connectivity index (χ2n) is 2.76. The van der Waals surface area contributed by atoms with Gasteiger partial charge in [-0.2, -0.15) is 0 Å². The third kappa shape index (κ3) is 3.17. The molecule has 8 heteroatoms. The SMILES string of the molecule is O=NC(=O)CNS(=O)(=O)c1ccc(F)cc1. The van der Waals surface area contributed by atoms with E-state index in [1.54, 1.807) is 0 Å². The largest absolute Gasteiger partial charge is 0.301 e. The smallest absolute Gasteiger partial charge is 0.267 e. The van der Waals surface area contributed by atoms with Gasteiger partial charge in [0.2, 0.25) is 10.0 Å². The molecule has 1 rings (SSSR count). The van der Waals surface area contributed by atoms with Crippen LogP contribution in [0.2, 0.25) is 0 Å². The summed E-state index contributed by atoms with van der Waals surface area (Å²) in [7, 11) is -3.92. The van der Waals surface area contributed by atoms with Crippen molar-refractivity contribution >= 4 is 15.9 Å². The summed E-state index contributed by atoms with van der Waals surface area (Å²) in [5.41, 5.74) is 0. The van der Waals surface area contributed by atoms with Crippen LogP contribution >= 0.6 is 0 Å². The summed E-state index contributed by atoms with van der Waals surface area (Å²) >= 11 is 0. The number of benzene rings is 1. The van der Waals surface area contributed by atoms with Gasteiger partial charge in [-0.15, -0.1) is 4.91 Å². The van der Waals surface area contributed by atoms with Crippen LogP contribution < -0.4 is 4.72 Å². The van der Waals surface area contributed by atoms with E-state index in [2.05, 4.69) is 0 Å². The van der Waals surface area contributed by atoms with Gasteiger partial charge < -0.3 is 0 Å². The fraction of sp³-hybridized carbons (Fsp3) is 0.125. The van der Waals surface area contributed by atoms with Crippen molar-refractivity contribution in [3.63, 3.8) is 0 Å². The first kappa shape index (κ1) is 12.4. The van der Waals surface area contributed by atoms with Gasteiger partial charge in [-0.25, -0.2) is 17.5 Å². The molecule has 0 unspecified atom stereocenters. The lowest BCUT2D eigenvalue weighted by Crippen LogP contribution is -2.28. The van der Waals surface area contributed by atoms with Gasteiger partial charge in [-0.3, -0.25) is 4.79 Å². The Balaban J connectivity index is 2.82. The maximum Gasteiger partial charge on any atom is 0.301 e. The van der Waals surface area contributed by atoms with Crippen LogP contribution in [-0.4, -0.2) is 20.9 Å². The molecule has 0 saturated carbocycles. The Bertz CT molecular complexity index is 497. The number of hydrogen-bond donors (Lipinski definition) is 1. The van der Waals surface area contributed by atoms with Gasteiger partial charge in [-0.1, -0.05) is 0 Å². The molecule has 1 N–H and O–H groups in total. The van der Waals surface area contributed by atoms with Crippen molar-refractivity contribution in [1.82, 2.24) is 4.72 Å². The molecule has 0 fully saturated rings. The Labute approximate surface area is 90.5 Å². The Morgan fingerprint density at radius 2 is 1.88 bits per heavy atom. The van der Waals surface area contributed by atoms with Crippen molar-refractivity contribution in [2.24, 2.45) is 5.18 Å². The van der Waals surface area contributed by atoms with Crippen molar-refractivity contribution in [3.8, 4) is 0 Å². The number of amides is 1. The third-order valence-corrected chi connectivity index (χ3v) is 3.06. The van der Waals surface area contributed by atoms with E-state index >= 15 is 0 Å². The Hall–Kier alpha value is -1.67. The van der Waals surface area contributed by atoms with E-state index in [0.29, 0.717) is 0 Å². The number of halogens is 1. The normalized spacial score (nSPS) is 11.1. The van der Waals surface area contributed by atoms with E-state index in [-0.39, 0.29) is 4.90 Å². The lowest BCUT2D eigenvalue weighted by atomic mass is 10.4. The molecule has 0 aliphatic carbocycles. The van der Waals surface area contributed by atoms with E-state index < -0.39 is 28.3 Å². The van der Waals surface area contributed by atoms with Crippen LogP contribution in [0, 0.1) is 10.7 Å². The zero-order chi connectivity index (χ0) is 12.2. The molecule has 1 aromatic carbocycles. The summed E-state index contributed by atoms with van der Waals surface area (Å²) in [6, 6.07) is 4.01. The number of sulfonamides is 1. The number of nitrogens with one attached hydrogen (secondary N) is 1. The van der Waals surface area contributed by atoms with E-state index in [4.69, 9.17) is 0 Å². The molecule has 1 aromatic rings. The highest BCUT2D eigenvalue weighted by molar-refractivity contribution is 7.89. The van der Waals surface area contributed by atoms with Gasteiger partial charge in [0.25, 0.3) is 0 Å². The quantitative estimate of drug-likeness (QED) is 0.778. The minimum atomic E-state index is -3.92. The molecule has 16 heavy (non-hydrogen) atoms. The number of nitrogens with zero attached hydrogens (tertiary/aromatic N) is 1. The molecule has 86 valence electrons. The second kappa shape index (κ2) is 4.90. The lowest BCUT2D eigenvalue weighted by Gasteiger charge is -2.03. The molecule has 0 heterocycles. The first-order valence-electron chi connectivity index (χ1n) is 4.07. The number of hydrogen-bond acceptors (Lipinski definition) is 4. The molecular formula is C8H7FN2O4S. The first-order valence-corrected chi connectivity index (χ1v) is 5.55. The predicted molar refractivity (Wildman–Crippen MR) is 52.4 cm³/mol. The van der Waals surface area contributed by atoms with Crippen LogP contribution in [0.15, 0.2) is 34.3 Å². The highest BCUT2D eigenvalue weighted by Crippen LogP contribution is 2.08. The molecule has 0 aliphatic heterocycles. The molecule has 0 spiro atoms. The topological polar surface area (TPSA) is 92.7 Å². The summed E-state index contributed by atoms with van der Waals surface area (Å²) < 4.78 is 37.2. The zero-order valence-electron chi connectivity index (χ0n) is 7.88. The predicted octanol–water partition coefficient (Wildman–Crippen LogP) is 0.397. The highest BCUT2D eigenvalue weighted by atomic mass is 32.2. The molecule has 1 amide bonds. The van der Waals surface area contributed by atoms with Crippen LogP contribution in [0.3, 0.4) is 0 Å². The molecule has 0 aliphatic rings. The van der Waals surface area contributed by atoms with Gasteiger partial charge in [0.15, 0.2) is 0 Å². The minimum Gasteiger partial charge on any atom is -0.267 e. The second-order valence-corrected chi connectivity index (χ2v) is 4.53. The van der Waals surface area contributed by atoms with Gasteiger partial charge in [0.1, 0.15) is 5.82 Å². The number of rotatable bonds is 4. The maximum absolute atomic E-state index is 12.5. The first-order chi connectivity index (χ1) is 7.45. The average Bonchev–Trinajstić information content (AvgIpc) is 2.26. The van der Waals surface area contributed by atoms with Gasteiger partial charge in [0, 0.05) is 5.18 Å². The van der Waals surface area contributed by atoms with Crippen molar-refractivity contribution in [3.05, 3.63) is 35.0 Å². The van der Waals surface area contributed by atoms with E-state index in [0.717, 1.165) is 24.3 Å². The summed E-state index contributed by atoms with van der Waals surface area (Å²) in [5, 5.41) is 2.02. The van der Waals surface area contributed by atoms with Crippen molar-refractivity contribution in [1.29, 1.82) is 0 Å². The zero-order valence-corrected chi connectivity index (χ0v) is 8.70. The minimum absolute atomic E-state index is 0.201. The highest BCUT2D eigenvalue weighted by Gasteiger charge is 2.15. The summed E-state index contributed by atoms with van der Waals surface area (Å²) in [6.45, 7) is -0.719. The van der Waals surface area contributed by atoms with Crippen LogP contribution in [0.5, 0.6) is 0 Å². The van der Waals surface area contributed by atoms with Gasteiger partial charge in [-0.05, 0) is 24.3 Å². The average molecular weight is 246 g/mol.